The zero-order chi connectivity index (χ0) is 17.2. The van der Waals surface area contributed by atoms with Crippen molar-refractivity contribution >= 4 is 11.8 Å². The SMILES string of the molecule is CCCNC(=O)C(CC)N(Cc1ccc(C)cc1)C(=O)CCC. The van der Waals surface area contributed by atoms with Gasteiger partial charge in [0.2, 0.25) is 11.8 Å². The van der Waals surface area contributed by atoms with Crippen LogP contribution >= 0.6 is 0 Å². The van der Waals surface area contributed by atoms with E-state index >= 15 is 0 Å². The molecule has 1 aromatic carbocycles. The van der Waals surface area contributed by atoms with Gasteiger partial charge >= 0.3 is 0 Å². The van der Waals surface area contributed by atoms with Gasteiger partial charge in [0.25, 0.3) is 0 Å². The van der Waals surface area contributed by atoms with E-state index in [9.17, 15) is 9.59 Å². The Labute approximate surface area is 140 Å². The first-order chi connectivity index (χ1) is 11.0. The molecule has 0 fully saturated rings. The molecule has 0 aliphatic carbocycles. The van der Waals surface area contributed by atoms with Gasteiger partial charge in [0.05, 0.1) is 0 Å². The number of hydrogen-bond donors (Lipinski definition) is 1. The lowest BCUT2D eigenvalue weighted by molar-refractivity contribution is -0.141. The summed E-state index contributed by atoms with van der Waals surface area (Å²) in [6.45, 7) is 9.13. The first-order valence-corrected chi connectivity index (χ1v) is 8.66. The molecule has 1 N–H and O–H groups in total. The van der Waals surface area contributed by atoms with Crippen molar-refractivity contribution in [3.05, 3.63) is 35.4 Å². The van der Waals surface area contributed by atoms with Crippen molar-refractivity contribution in [3.63, 3.8) is 0 Å². The van der Waals surface area contributed by atoms with Crippen LogP contribution in [0.4, 0.5) is 0 Å². The second-order valence-electron chi connectivity index (χ2n) is 5.97. The molecular weight excluding hydrogens is 288 g/mol. The maximum Gasteiger partial charge on any atom is 0.242 e. The number of benzene rings is 1. The highest BCUT2D eigenvalue weighted by molar-refractivity contribution is 5.87. The number of hydrogen-bond acceptors (Lipinski definition) is 2. The minimum atomic E-state index is -0.401. The van der Waals surface area contributed by atoms with E-state index < -0.39 is 6.04 Å². The van der Waals surface area contributed by atoms with Crippen LogP contribution in [-0.2, 0) is 16.1 Å². The summed E-state index contributed by atoms with van der Waals surface area (Å²) in [6, 6.07) is 7.73. The van der Waals surface area contributed by atoms with Crippen molar-refractivity contribution in [2.24, 2.45) is 0 Å². The van der Waals surface area contributed by atoms with Crippen LogP contribution in [0.3, 0.4) is 0 Å². The van der Waals surface area contributed by atoms with Crippen LogP contribution in [0.2, 0.25) is 0 Å². The molecule has 1 atom stereocenters. The van der Waals surface area contributed by atoms with Gasteiger partial charge in [0, 0.05) is 19.5 Å². The molecule has 1 aromatic rings. The Morgan fingerprint density at radius 1 is 1.09 bits per heavy atom. The van der Waals surface area contributed by atoms with E-state index in [0.717, 1.165) is 18.4 Å². The highest BCUT2D eigenvalue weighted by atomic mass is 16.2. The molecule has 23 heavy (non-hydrogen) atoms. The number of nitrogens with zero attached hydrogens (tertiary/aromatic N) is 1. The number of rotatable bonds is 9. The summed E-state index contributed by atoms with van der Waals surface area (Å²) in [5.41, 5.74) is 2.25. The van der Waals surface area contributed by atoms with E-state index in [1.165, 1.54) is 5.56 Å². The molecule has 0 saturated carbocycles. The molecule has 128 valence electrons. The highest BCUT2D eigenvalue weighted by Crippen LogP contribution is 2.15. The Morgan fingerprint density at radius 2 is 1.74 bits per heavy atom. The van der Waals surface area contributed by atoms with Gasteiger partial charge in [0.1, 0.15) is 6.04 Å². The van der Waals surface area contributed by atoms with Crippen LogP contribution in [0, 0.1) is 6.92 Å². The first-order valence-electron chi connectivity index (χ1n) is 8.66. The topological polar surface area (TPSA) is 49.4 Å². The van der Waals surface area contributed by atoms with E-state index in [-0.39, 0.29) is 11.8 Å². The zero-order valence-corrected chi connectivity index (χ0v) is 14.9. The van der Waals surface area contributed by atoms with Crippen molar-refractivity contribution in [2.45, 2.75) is 66.0 Å². The average Bonchev–Trinajstić information content (AvgIpc) is 2.54. The summed E-state index contributed by atoms with van der Waals surface area (Å²) in [7, 11) is 0. The van der Waals surface area contributed by atoms with Gasteiger partial charge in [-0.15, -0.1) is 0 Å². The lowest BCUT2D eigenvalue weighted by Crippen LogP contribution is -2.49. The fourth-order valence-corrected chi connectivity index (χ4v) is 2.53. The third-order valence-electron chi connectivity index (χ3n) is 3.87. The molecule has 0 radical (unpaired) electrons. The Balaban J connectivity index is 2.94. The molecule has 0 aliphatic rings. The minimum Gasteiger partial charge on any atom is -0.354 e. The number of carbonyl (C=O) groups excluding carboxylic acids is 2. The monoisotopic (exact) mass is 318 g/mol. The van der Waals surface area contributed by atoms with Gasteiger partial charge in [-0.25, -0.2) is 0 Å². The van der Waals surface area contributed by atoms with Crippen molar-refractivity contribution in [3.8, 4) is 0 Å². The lowest BCUT2D eigenvalue weighted by Gasteiger charge is -2.30. The number of carbonyl (C=O) groups is 2. The van der Waals surface area contributed by atoms with E-state index in [4.69, 9.17) is 0 Å². The highest BCUT2D eigenvalue weighted by Gasteiger charge is 2.27. The van der Waals surface area contributed by atoms with Gasteiger partial charge in [-0.2, -0.15) is 0 Å². The average molecular weight is 318 g/mol. The van der Waals surface area contributed by atoms with Crippen molar-refractivity contribution in [1.29, 1.82) is 0 Å². The Kier molecular flexibility index (Phi) is 8.38. The first kappa shape index (κ1) is 19.2. The third-order valence-corrected chi connectivity index (χ3v) is 3.87. The van der Waals surface area contributed by atoms with Gasteiger partial charge in [0.15, 0.2) is 0 Å². The van der Waals surface area contributed by atoms with Crippen LogP contribution in [-0.4, -0.2) is 29.3 Å². The van der Waals surface area contributed by atoms with Crippen LogP contribution in [0.1, 0.15) is 57.6 Å². The van der Waals surface area contributed by atoms with Crippen LogP contribution in [0.15, 0.2) is 24.3 Å². The van der Waals surface area contributed by atoms with E-state index in [2.05, 4.69) is 5.32 Å². The number of aryl methyl sites for hydroxylation is 1. The summed E-state index contributed by atoms with van der Waals surface area (Å²) >= 11 is 0. The second-order valence-corrected chi connectivity index (χ2v) is 5.97. The molecule has 2 amide bonds. The molecule has 0 aromatic heterocycles. The van der Waals surface area contributed by atoms with Crippen LogP contribution in [0.5, 0.6) is 0 Å². The fraction of sp³-hybridized carbons (Fsp3) is 0.579. The maximum absolute atomic E-state index is 12.5. The molecule has 4 heteroatoms. The van der Waals surface area contributed by atoms with Crippen molar-refractivity contribution < 1.29 is 9.59 Å². The van der Waals surface area contributed by atoms with E-state index in [1.807, 2.05) is 52.0 Å². The summed E-state index contributed by atoms with van der Waals surface area (Å²) in [5.74, 6) is -0.00233. The molecular formula is C19H30N2O2. The number of amides is 2. The zero-order valence-electron chi connectivity index (χ0n) is 14.9. The third kappa shape index (κ3) is 6.05. The van der Waals surface area contributed by atoms with Gasteiger partial charge in [-0.05, 0) is 31.7 Å². The predicted octanol–water partition coefficient (Wildman–Crippen LogP) is 3.43. The molecule has 4 nitrogen and oxygen atoms in total. The smallest absolute Gasteiger partial charge is 0.242 e. The molecule has 1 unspecified atom stereocenters. The quantitative estimate of drug-likeness (QED) is 0.758. The molecule has 1 rings (SSSR count). The van der Waals surface area contributed by atoms with Crippen molar-refractivity contribution in [2.75, 3.05) is 6.54 Å². The molecule has 0 bridgehead atoms. The summed E-state index contributed by atoms with van der Waals surface area (Å²) < 4.78 is 0. The van der Waals surface area contributed by atoms with Gasteiger partial charge in [-0.1, -0.05) is 50.6 Å². The standard InChI is InChI=1S/C19H30N2O2/c1-5-8-18(22)21(14-16-11-9-15(4)10-12-16)17(7-3)19(23)20-13-6-2/h9-12,17H,5-8,13-14H2,1-4H3,(H,20,23). The second kappa shape index (κ2) is 10.0. The Hall–Kier alpha value is -1.84. The largest absolute Gasteiger partial charge is 0.354 e. The van der Waals surface area contributed by atoms with E-state index in [0.29, 0.717) is 25.9 Å². The lowest BCUT2D eigenvalue weighted by atomic mass is 10.1. The normalized spacial score (nSPS) is 11.8. The molecule has 0 spiro atoms. The molecule has 0 saturated heterocycles. The number of nitrogens with one attached hydrogen (secondary N) is 1. The summed E-state index contributed by atoms with van der Waals surface area (Å²) in [6.07, 6.45) is 2.78. The summed E-state index contributed by atoms with van der Waals surface area (Å²) in [5, 5.41) is 2.92. The van der Waals surface area contributed by atoms with Gasteiger partial charge in [-0.3, -0.25) is 9.59 Å². The Bertz CT molecular complexity index is 497. The Morgan fingerprint density at radius 3 is 2.26 bits per heavy atom. The predicted molar refractivity (Wildman–Crippen MR) is 94.0 cm³/mol. The molecule has 0 heterocycles. The van der Waals surface area contributed by atoms with Crippen molar-refractivity contribution in [1.82, 2.24) is 10.2 Å². The van der Waals surface area contributed by atoms with Crippen LogP contribution in [0.25, 0.3) is 0 Å². The maximum atomic E-state index is 12.5. The fourth-order valence-electron chi connectivity index (χ4n) is 2.53. The van der Waals surface area contributed by atoms with Gasteiger partial charge < -0.3 is 10.2 Å². The van der Waals surface area contributed by atoms with Crippen LogP contribution < -0.4 is 5.32 Å². The van der Waals surface area contributed by atoms with E-state index in [1.54, 1.807) is 4.90 Å². The minimum absolute atomic E-state index is 0.0478. The summed E-state index contributed by atoms with van der Waals surface area (Å²) in [4.78, 5) is 26.7. The molecule has 0 aliphatic heterocycles.